The van der Waals surface area contributed by atoms with Crippen molar-refractivity contribution in [3.8, 4) is 0 Å². The van der Waals surface area contributed by atoms with Gasteiger partial charge in [0.05, 0.1) is 24.3 Å². The summed E-state index contributed by atoms with van der Waals surface area (Å²) in [5.41, 5.74) is 2.62. The Morgan fingerprint density at radius 3 is 2.58 bits per heavy atom. The first-order valence-corrected chi connectivity index (χ1v) is 8.55. The molecule has 0 aliphatic heterocycles. The lowest BCUT2D eigenvalue weighted by Gasteiger charge is -2.09. The van der Waals surface area contributed by atoms with E-state index in [2.05, 4.69) is 39.1 Å². The average molecular weight is 401 g/mol. The molecule has 1 heterocycles. The van der Waals surface area contributed by atoms with Crippen molar-refractivity contribution < 1.29 is 13.9 Å². The van der Waals surface area contributed by atoms with Crippen molar-refractivity contribution in [1.29, 1.82) is 0 Å². The highest BCUT2D eigenvalue weighted by Crippen LogP contribution is 2.10. The van der Waals surface area contributed by atoms with E-state index in [1.54, 1.807) is 19.5 Å². The van der Waals surface area contributed by atoms with E-state index >= 15 is 0 Å². The SMILES string of the molecule is C=CC(Br)C/C=C(\C)OC(C)C.CC=O.CN/N=C/c1ccco1. The van der Waals surface area contributed by atoms with Crippen molar-refractivity contribution >= 4 is 28.4 Å². The first kappa shape index (κ1) is 24.4. The first-order chi connectivity index (χ1) is 11.4. The van der Waals surface area contributed by atoms with Crippen LogP contribution in [-0.4, -0.2) is 30.5 Å². The molecule has 0 amide bonds. The minimum atomic E-state index is 0.263. The van der Waals surface area contributed by atoms with E-state index in [-0.39, 0.29) is 6.10 Å². The number of aldehydes is 1. The van der Waals surface area contributed by atoms with Crippen molar-refractivity contribution in [3.05, 3.63) is 48.6 Å². The van der Waals surface area contributed by atoms with Crippen molar-refractivity contribution in [2.24, 2.45) is 5.10 Å². The number of rotatable bonds is 7. The van der Waals surface area contributed by atoms with Gasteiger partial charge in [-0.25, -0.2) is 0 Å². The zero-order valence-electron chi connectivity index (χ0n) is 15.2. The normalized spacial score (nSPS) is 11.7. The number of carbonyl (C=O) groups excluding carboxylic acids is 1. The van der Waals surface area contributed by atoms with Crippen LogP contribution in [0.25, 0.3) is 0 Å². The van der Waals surface area contributed by atoms with Crippen LogP contribution in [-0.2, 0) is 9.53 Å². The Labute approximate surface area is 154 Å². The van der Waals surface area contributed by atoms with Gasteiger partial charge in [-0.05, 0) is 52.3 Å². The molecule has 0 saturated heterocycles. The fraction of sp³-hybridized carbons (Fsp3) is 0.444. The van der Waals surface area contributed by atoms with E-state index in [1.165, 1.54) is 6.92 Å². The highest BCUT2D eigenvalue weighted by Gasteiger charge is 1.97. The Bertz CT molecular complexity index is 469. The number of hydrogen-bond acceptors (Lipinski definition) is 5. The second-order valence-corrected chi connectivity index (χ2v) is 5.88. The zero-order chi connectivity index (χ0) is 18.8. The van der Waals surface area contributed by atoms with Gasteiger partial charge in [0, 0.05) is 11.9 Å². The summed E-state index contributed by atoms with van der Waals surface area (Å²) in [6.45, 7) is 11.2. The Balaban J connectivity index is 0. The maximum absolute atomic E-state index is 8.81. The highest BCUT2D eigenvalue weighted by atomic mass is 79.9. The molecule has 0 fully saturated rings. The van der Waals surface area contributed by atoms with Crippen LogP contribution in [0.2, 0.25) is 0 Å². The number of nitrogens with one attached hydrogen (secondary N) is 1. The van der Waals surface area contributed by atoms with E-state index in [4.69, 9.17) is 13.9 Å². The van der Waals surface area contributed by atoms with Gasteiger partial charge in [-0.2, -0.15) is 5.10 Å². The predicted octanol–water partition coefficient (Wildman–Crippen LogP) is 4.69. The van der Waals surface area contributed by atoms with Crippen LogP contribution in [0.15, 0.2) is 52.4 Å². The number of hydrogen-bond donors (Lipinski definition) is 1. The molecule has 0 spiro atoms. The van der Waals surface area contributed by atoms with Crippen LogP contribution < -0.4 is 5.43 Å². The zero-order valence-corrected chi connectivity index (χ0v) is 16.7. The summed E-state index contributed by atoms with van der Waals surface area (Å²) in [5, 5.41) is 3.75. The molecule has 1 N–H and O–H groups in total. The monoisotopic (exact) mass is 400 g/mol. The second-order valence-electron chi connectivity index (χ2n) is 4.70. The summed E-state index contributed by atoms with van der Waals surface area (Å²) in [7, 11) is 1.74. The number of furan rings is 1. The molecule has 136 valence electrons. The molecule has 1 unspecified atom stereocenters. The summed E-state index contributed by atoms with van der Waals surface area (Å²) in [6, 6.07) is 3.65. The van der Waals surface area contributed by atoms with Crippen LogP contribution in [0.1, 0.15) is 39.9 Å². The lowest BCUT2D eigenvalue weighted by molar-refractivity contribution is -0.106. The fourth-order valence-electron chi connectivity index (χ4n) is 1.29. The third kappa shape index (κ3) is 18.2. The molecule has 0 bridgehead atoms. The topological polar surface area (TPSA) is 63.8 Å². The molecule has 0 aliphatic rings. The third-order valence-corrected chi connectivity index (χ3v) is 2.92. The molecule has 24 heavy (non-hydrogen) atoms. The van der Waals surface area contributed by atoms with Gasteiger partial charge in [0.25, 0.3) is 0 Å². The van der Waals surface area contributed by atoms with Crippen LogP contribution in [0.5, 0.6) is 0 Å². The molecule has 1 aromatic rings. The fourth-order valence-corrected chi connectivity index (χ4v) is 1.47. The van der Waals surface area contributed by atoms with Crippen molar-refractivity contribution in [1.82, 2.24) is 5.43 Å². The molecule has 0 radical (unpaired) electrons. The molecule has 0 aromatic carbocycles. The number of ether oxygens (including phenoxy) is 1. The van der Waals surface area contributed by atoms with E-state index < -0.39 is 0 Å². The summed E-state index contributed by atoms with van der Waals surface area (Å²) in [4.78, 5) is 9.16. The second kappa shape index (κ2) is 17.5. The van der Waals surface area contributed by atoms with Gasteiger partial charge in [0.1, 0.15) is 12.0 Å². The molecular weight excluding hydrogens is 372 g/mol. The molecular formula is C18H29BrN2O3. The average Bonchev–Trinajstić information content (AvgIpc) is 3.04. The molecule has 1 rings (SSSR count). The molecule has 1 atom stereocenters. The molecule has 0 saturated carbocycles. The maximum Gasteiger partial charge on any atom is 0.146 e. The van der Waals surface area contributed by atoms with Gasteiger partial charge in [0.15, 0.2) is 0 Å². The van der Waals surface area contributed by atoms with Gasteiger partial charge >= 0.3 is 0 Å². The lowest BCUT2D eigenvalue weighted by Crippen LogP contribution is -2.00. The first-order valence-electron chi connectivity index (χ1n) is 7.64. The van der Waals surface area contributed by atoms with Gasteiger partial charge in [-0.1, -0.05) is 22.0 Å². The third-order valence-electron chi connectivity index (χ3n) is 2.17. The van der Waals surface area contributed by atoms with E-state index in [1.807, 2.05) is 39.0 Å². The van der Waals surface area contributed by atoms with E-state index in [9.17, 15) is 0 Å². The number of carbonyl (C=O) groups is 1. The van der Waals surface area contributed by atoms with Crippen LogP contribution >= 0.6 is 15.9 Å². The number of nitrogens with zero attached hydrogens (tertiary/aromatic N) is 1. The lowest BCUT2D eigenvalue weighted by atomic mass is 10.3. The summed E-state index contributed by atoms with van der Waals surface area (Å²) in [5.74, 6) is 1.74. The van der Waals surface area contributed by atoms with Crippen molar-refractivity contribution in [2.45, 2.75) is 45.0 Å². The highest BCUT2D eigenvalue weighted by molar-refractivity contribution is 9.09. The summed E-state index contributed by atoms with van der Waals surface area (Å²) in [6.07, 6.45) is 9.11. The predicted molar refractivity (Wildman–Crippen MR) is 105 cm³/mol. The quantitative estimate of drug-likeness (QED) is 0.180. The van der Waals surface area contributed by atoms with Crippen LogP contribution in [0.4, 0.5) is 0 Å². The molecule has 6 heteroatoms. The van der Waals surface area contributed by atoms with Crippen molar-refractivity contribution in [2.75, 3.05) is 7.05 Å². The minimum absolute atomic E-state index is 0.263. The Morgan fingerprint density at radius 2 is 2.17 bits per heavy atom. The largest absolute Gasteiger partial charge is 0.496 e. The molecule has 5 nitrogen and oxygen atoms in total. The minimum Gasteiger partial charge on any atom is -0.496 e. The smallest absolute Gasteiger partial charge is 0.146 e. The molecule has 0 aliphatic carbocycles. The number of alkyl halides is 1. The standard InChI is InChI=1S/C10H17BrO.C6H8N2O.C2H4O/c1-5-10(11)7-6-9(4)12-8(2)3;1-7-8-5-6-3-2-4-9-6;1-2-3/h5-6,8,10H,1,7H2,2-4H3;2-5,7H,1H3;2H,1H3/b9-6+;8-5+;. The number of hydrazone groups is 1. The summed E-state index contributed by atoms with van der Waals surface area (Å²) < 4.78 is 10.4. The van der Waals surface area contributed by atoms with Gasteiger partial charge < -0.3 is 19.4 Å². The van der Waals surface area contributed by atoms with E-state index in [0.29, 0.717) is 4.83 Å². The van der Waals surface area contributed by atoms with Crippen LogP contribution in [0, 0.1) is 0 Å². The molecule has 1 aromatic heterocycles. The summed E-state index contributed by atoms with van der Waals surface area (Å²) >= 11 is 3.45. The number of halogens is 1. The van der Waals surface area contributed by atoms with Crippen LogP contribution in [0.3, 0.4) is 0 Å². The maximum atomic E-state index is 8.81. The van der Waals surface area contributed by atoms with Gasteiger partial charge in [-0.3, -0.25) is 0 Å². The van der Waals surface area contributed by atoms with E-state index in [0.717, 1.165) is 24.2 Å². The Kier molecular flexibility index (Phi) is 17.8. The van der Waals surface area contributed by atoms with Crippen molar-refractivity contribution in [3.63, 3.8) is 0 Å². The Morgan fingerprint density at radius 1 is 1.54 bits per heavy atom. The number of allylic oxidation sites excluding steroid dienone is 3. The Hall–Kier alpha value is -1.82. The van der Waals surface area contributed by atoms with Gasteiger partial charge in [-0.15, -0.1) is 6.58 Å². The van der Waals surface area contributed by atoms with Gasteiger partial charge in [0.2, 0.25) is 0 Å².